The number of fused-ring (bicyclic) bond motifs is 4. The lowest BCUT2D eigenvalue weighted by Crippen LogP contribution is -2.52. The minimum Gasteiger partial charge on any atom is -0.387 e. The summed E-state index contributed by atoms with van der Waals surface area (Å²) in [6.07, 6.45) is 8.86. The molecule has 424 valence electrons. The van der Waals surface area contributed by atoms with Gasteiger partial charge in [-0.15, -0.1) is 5.10 Å². The largest absolute Gasteiger partial charge is 0.387 e. The molecule has 3 atom stereocenters. The molecule has 0 bridgehead atoms. The second-order valence-corrected chi connectivity index (χ2v) is 20.4. The molecule has 0 saturated carbocycles. The Morgan fingerprint density at radius 3 is 2.41 bits per heavy atom. The second kappa shape index (κ2) is 24.6. The fourth-order valence-electron chi connectivity index (χ4n) is 10.6. The molecule has 0 saturated heterocycles. The number of aromatic nitrogens is 4. The van der Waals surface area contributed by atoms with Crippen LogP contribution in [0.3, 0.4) is 0 Å². The highest BCUT2D eigenvalue weighted by molar-refractivity contribution is 6.13. The molecular weight excluding hydrogens is 1050 g/mol. The average molecular weight is 1110 g/mol. The quantitative estimate of drug-likeness (QED) is 0.0161. The maximum Gasteiger partial charge on any atom is 0.350 e. The number of hydrogen-bond donors (Lipinski definition) is 7. The SMILES string of the molecule is CC[C@@]1(O)C(=O)OC(=O)C2=C1C=C1c3nc4cc(C)c(C)c5c4c(c3CN1C2)[C@@H](NC(=O)COCNC(=O)CNC(=O)[C@H](Cc1ccccc1)NC(=O)CNC(=O)Cn1cc(CNC(=O)CCCCCN2C(=O)C=CC2=O)nn1)CC5. The van der Waals surface area contributed by atoms with Crippen molar-refractivity contribution >= 4 is 75.8 Å². The predicted octanol–water partition coefficient (Wildman–Crippen LogP) is 0.0898. The topological polar surface area (TPSA) is 332 Å². The number of imide groups is 1. The number of nitrogens with one attached hydrogen (secondary N) is 6. The third-order valence-electron chi connectivity index (χ3n) is 15.0. The van der Waals surface area contributed by atoms with Gasteiger partial charge in [0.2, 0.25) is 35.4 Å². The lowest BCUT2D eigenvalue weighted by Gasteiger charge is -2.36. The van der Waals surface area contributed by atoms with Crippen LogP contribution < -0.4 is 31.9 Å². The van der Waals surface area contributed by atoms with Crippen molar-refractivity contribution in [1.82, 2.24) is 61.7 Å². The zero-order valence-corrected chi connectivity index (χ0v) is 45.0. The normalized spacial score (nSPS) is 18.2. The van der Waals surface area contributed by atoms with Crippen LogP contribution >= 0.6 is 0 Å². The summed E-state index contributed by atoms with van der Waals surface area (Å²) in [4.78, 5) is 135. The Morgan fingerprint density at radius 1 is 0.877 bits per heavy atom. The van der Waals surface area contributed by atoms with E-state index in [1.807, 2.05) is 17.9 Å². The summed E-state index contributed by atoms with van der Waals surface area (Å²) >= 11 is 0. The number of pyridine rings is 1. The number of nitrogens with zero attached hydrogens (tertiary/aromatic N) is 6. The summed E-state index contributed by atoms with van der Waals surface area (Å²) in [6, 6.07) is 9.25. The Morgan fingerprint density at radius 2 is 1.64 bits per heavy atom. The fraction of sp³-hybridized carbons (Fsp3) is 0.411. The fourth-order valence-corrected chi connectivity index (χ4v) is 10.6. The molecule has 0 unspecified atom stereocenters. The number of amides is 8. The first-order chi connectivity index (χ1) is 38.9. The zero-order chi connectivity index (χ0) is 57.5. The van der Waals surface area contributed by atoms with Gasteiger partial charge in [0.05, 0.1) is 60.9 Å². The van der Waals surface area contributed by atoms with E-state index in [1.54, 1.807) is 43.3 Å². The van der Waals surface area contributed by atoms with Crippen LogP contribution in [0.2, 0.25) is 0 Å². The molecular formula is C56H62N12O13. The second-order valence-electron chi connectivity index (χ2n) is 20.4. The number of carbonyl (C=O) groups excluding carboxylic acids is 10. The number of ether oxygens (including phenoxy) is 2. The van der Waals surface area contributed by atoms with E-state index >= 15 is 0 Å². The van der Waals surface area contributed by atoms with Crippen molar-refractivity contribution in [3.63, 3.8) is 0 Å². The van der Waals surface area contributed by atoms with E-state index in [0.717, 1.165) is 43.6 Å². The third kappa shape index (κ3) is 12.7. The summed E-state index contributed by atoms with van der Waals surface area (Å²) in [6.45, 7) is 4.43. The number of carbonyl (C=O) groups is 10. The van der Waals surface area contributed by atoms with Crippen molar-refractivity contribution in [1.29, 1.82) is 0 Å². The van der Waals surface area contributed by atoms with Crippen molar-refractivity contribution in [2.45, 2.75) is 109 Å². The summed E-state index contributed by atoms with van der Waals surface area (Å²) in [5.41, 5.74) is 6.54. The highest BCUT2D eigenvalue weighted by Crippen LogP contribution is 2.48. The van der Waals surface area contributed by atoms with Crippen molar-refractivity contribution in [3.05, 3.63) is 117 Å². The van der Waals surface area contributed by atoms with E-state index in [9.17, 15) is 53.1 Å². The van der Waals surface area contributed by atoms with Gasteiger partial charge in [-0.3, -0.25) is 43.3 Å². The van der Waals surface area contributed by atoms with Crippen LogP contribution in [0.1, 0.15) is 96.3 Å². The highest BCUT2D eigenvalue weighted by Gasteiger charge is 2.50. The predicted molar refractivity (Wildman–Crippen MR) is 285 cm³/mol. The summed E-state index contributed by atoms with van der Waals surface area (Å²) < 4.78 is 11.8. The number of rotatable bonds is 24. The van der Waals surface area contributed by atoms with Gasteiger partial charge in [-0.2, -0.15) is 0 Å². The Kier molecular flexibility index (Phi) is 17.2. The summed E-state index contributed by atoms with van der Waals surface area (Å²) in [5.74, 6) is -5.78. The van der Waals surface area contributed by atoms with Crippen molar-refractivity contribution in [3.8, 4) is 0 Å². The van der Waals surface area contributed by atoms with Gasteiger partial charge in [0.15, 0.2) is 5.60 Å². The van der Waals surface area contributed by atoms with Crippen LogP contribution in [0.4, 0.5) is 0 Å². The summed E-state index contributed by atoms with van der Waals surface area (Å²) in [7, 11) is 0. The molecule has 0 radical (unpaired) electrons. The monoisotopic (exact) mass is 1110 g/mol. The number of benzene rings is 2. The Labute approximate surface area is 464 Å². The molecule has 4 aliphatic heterocycles. The first-order valence-electron chi connectivity index (χ1n) is 26.8. The lowest BCUT2D eigenvalue weighted by molar-refractivity contribution is -0.172. The number of hydrogen-bond acceptors (Lipinski definition) is 17. The van der Waals surface area contributed by atoms with Crippen molar-refractivity contribution in [2.75, 3.05) is 39.5 Å². The number of aliphatic hydroxyl groups is 1. The van der Waals surface area contributed by atoms with Crippen LogP contribution in [0.15, 0.2) is 72.0 Å². The van der Waals surface area contributed by atoms with E-state index in [-0.39, 0.29) is 74.5 Å². The molecule has 9 rings (SSSR count). The van der Waals surface area contributed by atoms with Crippen molar-refractivity contribution < 1.29 is 62.5 Å². The van der Waals surface area contributed by atoms with Gasteiger partial charge in [0, 0.05) is 54.6 Å². The average Bonchev–Trinajstić information content (AvgIpc) is 2.58. The number of unbranched alkanes of at least 4 members (excludes halogenated alkanes) is 2. The van der Waals surface area contributed by atoms with Crippen LogP contribution in [0, 0.1) is 13.8 Å². The molecule has 0 spiro atoms. The smallest absolute Gasteiger partial charge is 0.350 e. The minimum atomic E-state index is -2.00. The molecule has 2 aromatic carbocycles. The molecule has 81 heavy (non-hydrogen) atoms. The molecule has 25 nitrogen and oxygen atoms in total. The lowest BCUT2D eigenvalue weighted by atomic mass is 9.80. The van der Waals surface area contributed by atoms with Gasteiger partial charge in [-0.25, -0.2) is 19.3 Å². The van der Waals surface area contributed by atoms with Crippen LogP contribution in [-0.2, 0) is 89.9 Å². The first-order valence-corrected chi connectivity index (χ1v) is 26.8. The first kappa shape index (κ1) is 56.7. The zero-order valence-electron chi connectivity index (χ0n) is 45.0. The van der Waals surface area contributed by atoms with Gasteiger partial charge in [0.1, 0.15) is 31.6 Å². The molecule has 7 N–H and O–H groups in total. The van der Waals surface area contributed by atoms with Gasteiger partial charge in [-0.1, -0.05) is 48.9 Å². The van der Waals surface area contributed by atoms with E-state index in [0.29, 0.717) is 67.8 Å². The molecule has 0 fully saturated rings. The van der Waals surface area contributed by atoms with Gasteiger partial charge in [-0.05, 0) is 85.9 Å². The van der Waals surface area contributed by atoms with Crippen molar-refractivity contribution in [2.24, 2.45) is 0 Å². The van der Waals surface area contributed by atoms with E-state index < -0.39 is 78.9 Å². The van der Waals surface area contributed by atoms with E-state index in [2.05, 4.69) is 49.1 Å². The van der Waals surface area contributed by atoms with E-state index in [1.165, 1.54) is 23.0 Å². The van der Waals surface area contributed by atoms with Gasteiger partial charge < -0.3 is 51.4 Å². The Bertz CT molecular complexity index is 3330. The van der Waals surface area contributed by atoms with Crippen LogP contribution in [0.25, 0.3) is 16.6 Å². The molecule has 4 aromatic rings. The molecule has 6 heterocycles. The third-order valence-corrected chi connectivity index (χ3v) is 15.0. The van der Waals surface area contributed by atoms with Crippen LogP contribution in [0.5, 0.6) is 0 Å². The minimum absolute atomic E-state index is 0.00216. The standard InChI is InChI=1S/C56H62N12O13/c1-4-56(79)38-21-42-52-37(27-66(42)26-36(38)54(77)81-55(56)78)51-39(15-14-35-32(3)31(2)19-40(63-52)50(35)51)61-47(73)29-80-30-60-44(70)23-59-53(76)41(20-33-11-7-5-8-12-33)62-45(71)24-58-46(72)28-67-25-34(64-65-67)22-57-43(69)13-9-6-10-18-68-48(74)16-17-49(68)75/h5,7-8,11-12,16-17,19,21,25,39,41,79H,4,6,9-10,13-15,18,20,22-24,26-30H2,1-3H3,(H,57,69)(H,58,72)(H,59,76)(H,60,70)(H,61,73)(H,62,71)/t39-,41-,56-/m0/s1. The maximum atomic E-state index is 13.6. The molecule has 5 aliphatic rings. The molecule has 2 aromatic heterocycles. The van der Waals surface area contributed by atoms with Gasteiger partial charge >= 0.3 is 11.9 Å². The summed E-state index contributed by atoms with van der Waals surface area (Å²) in [5, 5.41) is 36.2. The van der Waals surface area contributed by atoms with E-state index in [4.69, 9.17) is 14.5 Å². The molecule has 8 amide bonds. The van der Waals surface area contributed by atoms with Gasteiger partial charge in [0.25, 0.3) is 11.8 Å². The van der Waals surface area contributed by atoms with Crippen LogP contribution in [-0.4, -0.2) is 145 Å². The highest BCUT2D eigenvalue weighted by atomic mass is 16.6. The Hall–Kier alpha value is -8.97. The molecule has 25 heteroatoms. The number of aryl methyl sites for hydroxylation is 2. The maximum absolute atomic E-state index is 13.6. The molecule has 1 aliphatic carbocycles. The number of esters is 2. The Balaban J connectivity index is 0.720. The number of cyclic esters (lactones) is 2.